The van der Waals surface area contributed by atoms with E-state index in [1.807, 2.05) is 45.9 Å². The van der Waals surface area contributed by atoms with Crippen LogP contribution in [0.3, 0.4) is 0 Å². The summed E-state index contributed by atoms with van der Waals surface area (Å²) in [5.74, 6) is 0.594. The van der Waals surface area contributed by atoms with E-state index in [2.05, 4.69) is 0 Å². The zero-order valence-electron chi connectivity index (χ0n) is 14.7. The zero-order valence-corrected chi connectivity index (χ0v) is 15.5. The molecular formula is C17H24BNO4S. The predicted octanol–water partition coefficient (Wildman–Crippen LogP) is 2.05. The number of hydrogen-bond acceptors (Lipinski definition) is 4. The molecule has 1 aliphatic carbocycles. The Kier molecular flexibility index (Phi) is 3.41. The van der Waals surface area contributed by atoms with Crippen LogP contribution in [-0.4, -0.2) is 33.3 Å². The fraction of sp³-hybridized carbons (Fsp3) is 0.647. The van der Waals surface area contributed by atoms with Crippen molar-refractivity contribution in [3.63, 3.8) is 0 Å². The second kappa shape index (κ2) is 4.99. The summed E-state index contributed by atoms with van der Waals surface area (Å²) >= 11 is 0. The van der Waals surface area contributed by atoms with Crippen molar-refractivity contribution in [1.29, 1.82) is 0 Å². The Morgan fingerprint density at radius 3 is 2.38 bits per heavy atom. The molecule has 0 N–H and O–H groups in total. The molecule has 0 radical (unpaired) electrons. The summed E-state index contributed by atoms with van der Waals surface area (Å²) < 4.78 is 38.7. The molecule has 2 fully saturated rings. The molecule has 2 aliphatic heterocycles. The molecule has 0 spiro atoms. The summed E-state index contributed by atoms with van der Waals surface area (Å²) in [6, 6.07) is 5.77. The van der Waals surface area contributed by atoms with Crippen LogP contribution in [-0.2, 0) is 25.1 Å². The molecule has 0 bridgehead atoms. The Morgan fingerprint density at radius 2 is 1.79 bits per heavy atom. The number of nitrogens with zero attached hydrogens (tertiary/aromatic N) is 1. The van der Waals surface area contributed by atoms with Gasteiger partial charge >= 0.3 is 7.12 Å². The Balaban J connectivity index is 1.64. The molecule has 1 aromatic carbocycles. The summed E-state index contributed by atoms with van der Waals surface area (Å²) in [5, 5.41) is 0. The van der Waals surface area contributed by atoms with Gasteiger partial charge in [-0.3, -0.25) is 4.31 Å². The molecule has 1 aromatic rings. The molecule has 4 rings (SSSR count). The average Bonchev–Trinajstić information content (AvgIpc) is 3.18. The maximum Gasteiger partial charge on any atom is 0.494 e. The number of hydrogen-bond donors (Lipinski definition) is 0. The highest BCUT2D eigenvalue weighted by atomic mass is 32.2. The first kappa shape index (κ1) is 16.4. The van der Waals surface area contributed by atoms with Gasteiger partial charge in [-0.25, -0.2) is 8.42 Å². The highest BCUT2D eigenvalue weighted by Gasteiger charge is 2.52. The second-order valence-corrected chi connectivity index (χ2v) is 10.1. The monoisotopic (exact) mass is 349 g/mol. The van der Waals surface area contributed by atoms with Gasteiger partial charge in [-0.2, -0.15) is 0 Å². The summed E-state index contributed by atoms with van der Waals surface area (Å²) in [5.41, 5.74) is 1.75. The lowest BCUT2D eigenvalue weighted by atomic mass is 9.78. The molecule has 1 saturated carbocycles. The van der Waals surface area contributed by atoms with E-state index in [0.717, 1.165) is 29.6 Å². The minimum atomic E-state index is -3.24. The summed E-state index contributed by atoms with van der Waals surface area (Å²) in [6.07, 6.45) is 2.26. The van der Waals surface area contributed by atoms with E-state index in [9.17, 15) is 8.42 Å². The summed E-state index contributed by atoms with van der Waals surface area (Å²) in [6.45, 7) is 8.68. The third kappa shape index (κ3) is 2.57. The van der Waals surface area contributed by atoms with Gasteiger partial charge in [-0.15, -0.1) is 0 Å². The lowest BCUT2D eigenvalue weighted by molar-refractivity contribution is 0.00578. The zero-order chi connectivity index (χ0) is 17.3. The molecule has 1 saturated heterocycles. The van der Waals surface area contributed by atoms with Crippen molar-refractivity contribution in [1.82, 2.24) is 0 Å². The number of anilines is 1. The smallest absolute Gasteiger partial charge is 0.399 e. The fourth-order valence-corrected chi connectivity index (χ4v) is 4.96. The van der Waals surface area contributed by atoms with E-state index >= 15 is 0 Å². The van der Waals surface area contributed by atoms with Crippen molar-refractivity contribution in [2.24, 2.45) is 5.92 Å². The Labute approximate surface area is 144 Å². The molecular weight excluding hydrogens is 325 g/mol. The van der Waals surface area contributed by atoms with Crippen molar-refractivity contribution in [3.05, 3.63) is 23.8 Å². The highest BCUT2D eigenvalue weighted by Crippen LogP contribution is 2.40. The van der Waals surface area contributed by atoms with Crippen molar-refractivity contribution in [2.45, 2.75) is 57.5 Å². The van der Waals surface area contributed by atoms with Crippen LogP contribution in [0.4, 0.5) is 5.69 Å². The van der Waals surface area contributed by atoms with Crippen LogP contribution < -0.4 is 9.77 Å². The molecule has 0 unspecified atom stereocenters. The molecule has 2 heterocycles. The van der Waals surface area contributed by atoms with Crippen molar-refractivity contribution < 1.29 is 17.7 Å². The first-order valence-electron chi connectivity index (χ1n) is 8.58. The van der Waals surface area contributed by atoms with E-state index < -0.39 is 28.3 Å². The Bertz CT molecular complexity index is 770. The standard InChI is InChI=1S/C17H24BNO4S/c1-16(2)17(3,4)23-18(22-16)14-7-8-15-13(9-14)11-24(20,21)19(15)10-12-5-6-12/h7-9,12H,5-6,10-11H2,1-4H3. The number of fused-ring (bicyclic) bond motifs is 1. The van der Waals surface area contributed by atoms with Gasteiger partial charge in [-0.05, 0) is 63.5 Å². The molecule has 7 heteroatoms. The lowest BCUT2D eigenvalue weighted by Crippen LogP contribution is -2.41. The minimum Gasteiger partial charge on any atom is -0.399 e. The van der Waals surface area contributed by atoms with Crippen LogP contribution in [0.1, 0.15) is 46.1 Å². The molecule has 0 atom stereocenters. The van der Waals surface area contributed by atoms with Crippen LogP contribution in [0, 0.1) is 5.92 Å². The maximum atomic E-state index is 12.5. The quantitative estimate of drug-likeness (QED) is 0.784. The predicted molar refractivity (Wildman–Crippen MR) is 94.9 cm³/mol. The van der Waals surface area contributed by atoms with Crippen LogP contribution >= 0.6 is 0 Å². The summed E-state index contributed by atoms with van der Waals surface area (Å²) in [7, 11) is -3.69. The van der Waals surface area contributed by atoms with Gasteiger partial charge in [0, 0.05) is 6.54 Å². The largest absolute Gasteiger partial charge is 0.494 e. The number of benzene rings is 1. The number of rotatable bonds is 3. The Morgan fingerprint density at radius 1 is 1.17 bits per heavy atom. The van der Waals surface area contributed by atoms with Gasteiger partial charge in [0.15, 0.2) is 0 Å². The molecule has 130 valence electrons. The van der Waals surface area contributed by atoms with Gasteiger partial charge < -0.3 is 9.31 Å². The van der Waals surface area contributed by atoms with Gasteiger partial charge in [0.05, 0.1) is 22.6 Å². The van der Waals surface area contributed by atoms with Crippen LogP contribution in [0.2, 0.25) is 0 Å². The fourth-order valence-electron chi connectivity index (χ4n) is 3.26. The molecule has 24 heavy (non-hydrogen) atoms. The first-order valence-corrected chi connectivity index (χ1v) is 10.2. The number of sulfonamides is 1. The van der Waals surface area contributed by atoms with E-state index in [4.69, 9.17) is 9.31 Å². The highest BCUT2D eigenvalue weighted by molar-refractivity contribution is 7.92. The minimum absolute atomic E-state index is 0.0718. The van der Waals surface area contributed by atoms with Crippen molar-refractivity contribution in [3.8, 4) is 0 Å². The van der Waals surface area contributed by atoms with E-state index in [1.165, 1.54) is 0 Å². The van der Waals surface area contributed by atoms with Crippen molar-refractivity contribution >= 4 is 28.3 Å². The van der Waals surface area contributed by atoms with Gasteiger partial charge in [0.25, 0.3) is 0 Å². The first-order chi connectivity index (χ1) is 11.1. The molecule has 0 aromatic heterocycles. The van der Waals surface area contributed by atoms with Crippen LogP contribution in [0.25, 0.3) is 0 Å². The third-order valence-corrected chi connectivity index (χ3v) is 7.39. The van der Waals surface area contributed by atoms with Gasteiger partial charge in [0.2, 0.25) is 10.0 Å². The van der Waals surface area contributed by atoms with Crippen molar-refractivity contribution in [2.75, 3.05) is 10.8 Å². The molecule has 0 amide bonds. The third-order valence-electron chi connectivity index (χ3n) is 5.69. The van der Waals surface area contributed by atoms with Gasteiger partial charge in [-0.1, -0.05) is 12.1 Å². The van der Waals surface area contributed by atoms with E-state index in [0.29, 0.717) is 12.5 Å². The topological polar surface area (TPSA) is 55.8 Å². The van der Waals surface area contributed by atoms with Crippen LogP contribution in [0.15, 0.2) is 18.2 Å². The van der Waals surface area contributed by atoms with E-state index in [-0.39, 0.29) is 5.75 Å². The normalized spacial score (nSPS) is 26.7. The Hall–Kier alpha value is -1.05. The van der Waals surface area contributed by atoms with Crippen LogP contribution in [0.5, 0.6) is 0 Å². The molecule has 3 aliphatic rings. The second-order valence-electron chi connectivity index (χ2n) is 8.21. The summed E-state index contributed by atoms with van der Waals surface area (Å²) in [4.78, 5) is 0. The molecule has 5 nitrogen and oxygen atoms in total. The average molecular weight is 349 g/mol. The lowest BCUT2D eigenvalue weighted by Gasteiger charge is -2.32. The SMILES string of the molecule is CC1(C)OB(c2ccc3c(c2)CS(=O)(=O)N3CC2CC2)OC1(C)C. The van der Waals surface area contributed by atoms with Gasteiger partial charge in [0.1, 0.15) is 0 Å². The van der Waals surface area contributed by atoms with E-state index in [1.54, 1.807) is 4.31 Å². The maximum absolute atomic E-state index is 12.5.